The number of nitrogens with zero attached hydrogens (tertiary/aromatic N) is 1. The second kappa shape index (κ2) is 7.92. The van der Waals surface area contributed by atoms with Crippen LogP contribution in [0.2, 0.25) is 0 Å². The minimum absolute atomic E-state index is 0.0481. The van der Waals surface area contributed by atoms with Crippen molar-refractivity contribution in [2.45, 2.75) is 70.1 Å². The summed E-state index contributed by atoms with van der Waals surface area (Å²) in [6.45, 7) is 2.69. The maximum atomic E-state index is 12.1. The minimum atomic E-state index is -0.888. The van der Waals surface area contributed by atoms with Crippen LogP contribution in [0.15, 0.2) is 0 Å². The molecule has 1 unspecified atom stereocenters. The summed E-state index contributed by atoms with van der Waals surface area (Å²) < 4.78 is 0. The molecule has 22 heavy (non-hydrogen) atoms. The van der Waals surface area contributed by atoms with E-state index in [1.165, 1.54) is 6.42 Å². The Morgan fingerprint density at radius 1 is 1.23 bits per heavy atom. The van der Waals surface area contributed by atoms with Gasteiger partial charge in [-0.15, -0.1) is 0 Å². The quantitative estimate of drug-likeness (QED) is 0.652. The van der Waals surface area contributed by atoms with Crippen molar-refractivity contribution in [1.29, 1.82) is 0 Å². The van der Waals surface area contributed by atoms with Crippen LogP contribution in [0.25, 0.3) is 0 Å². The van der Waals surface area contributed by atoms with E-state index < -0.39 is 12.1 Å². The lowest BCUT2D eigenvalue weighted by molar-refractivity contribution is -0.140. The van der Waals surface area contributed by atoms with Crippen molar-refractivity contribution < 1.29 is 19.8 Å². The zero-order chi connectivity index (χ0) is 16.1. The molecule has 0 aromatic heterocycles. The lowest BCUT2D eigenvalue weighted by Crippen LogP contribution is -2.56. The molecule has 0 saturated heterocycles. The number of amides is 1. The third kappa shape index (κ3) is 4.43. The summed E-state index contributed by atoms with van der Waals surface area (Å²) in [5.74, 6) is -0.970. The fourth-order valence-corrected chi connectivity index (χ4v) is 3.63. The molecular formula is C16H28N2O4. The monoisotopic (exact) mass is 312 g/mol. The highest BCUT2D eigenvalue weighted by atomic mass is 16.4. The number of aliphatic hydroxyl groups excluding tert-OH is 1. The summed E-state index contributed by atoms with van der Waals surface area (Å²) in [7, 11) is 0. The van der Waals surface area contributed by atoms with Gasteiger partial charge in [-0.2, -0.15) is 0 Å². The SMILES string of the molecule is CCN(CC(=O)O)C1CC(NC(=O)C(O)C2CCCCC2)C1. The van der Waals surface area contributed by atoms with Gasteiger partial charge in [-0.05, 0) is 38.1 Å². The standard InChI is InChI=1S/C16H28N2O4/c1-2-18(10-14(19)20)13-8-12(9-13)17-16(22)15(21)11-6-4-3-5-7-11/h11-13,15,21H,2-10H2,1H3,(H,17,22)(H,19,20). The van der Waals surface area contributed by atoms with Gasteiger partial charge < -0.3 is 15.5 Å². The van der Waals surface area contributed by atoms with E-state index in [1.54, 1.807) is 0 Å². The van der Waals surface area contributed by atoms with Crippen molar-refractivity contribution in [3.8, 4) is 0 Å². The molecule has 2 rings (SSSR count). The second-order valence-electron chi connectivity index (χ2n) is 6.63. The second-order valence-corrected chi connectivity index (χ2v) is 6.63. The lowest BCUT2D eigenvalue weighted by Gasteiger charge is -2.42. The van der Waals surface area contributed by atoms with Gasteiger partial charge in [-0.25, -0.2) is 0 Å². The molecule has 0 radical (unpaired) electrons. The van der Waals surface area contributed by atoms with Crippen LogP contribution in [0.5, 0.6) is 0 Å². The van der Waals surface area contributed by atoms with Crippen LogP contribution in [0.4, 0.5) is 0 Å². The number of nitrogens with one attached hydrogen (secondary N) is 1. The van der Waals surface area contributed by atoms with Crippen LogP contribution in [0, 0.1) is 5.92 Å². The van der Waals surface area contributed by atoms with Crippen LogP contribution in [-0.2, 0) is 9.59 Å². The number of aliphatic carboxylic acids is 1. The molecule has 2 aliphatic carbocycles. The van der Waals surface area contributed by atoms with Gasteiger partial charge in [0.2, 0.25) is 5.91 Å². The number of carboxylic acid groups (broad SMARTS) is 1. The van der Waals surface area contributed by atoms with Crippen LogP contribution < -0.4 is 5.32 Å². The summed E-state index contributed by atoms with van der Waals surface area (Å²) >= 11 is 0. The Morgan fingerprint density at radius 3 is 2.41 bits per heavy atom. The molecular weight excluding hydrogens is 284 g/mol. The third-order valence-electron chi connectivity index (χ3n) is 5.09. The normalized spacial score (nSPS) is 27.2. The van der Waals surface area contributed by atoms with Crippen molar-refractivity contribution >= 4 is 11.9 Å². The number of rotatable bonds is 7. The first-order chi connectivity index (χ1) is 10.5. The highest BCUT2D eigenvalue weighted by molar-refractivity contribution is 5.81. The maximum absolute atomic E-state index is 12.1. The van der Waals surface area contributed by atoms with Gasteiger partial charge in [0.15, 0.2) is 0 Å². The van der Waals surface area contributed by atoms with Crippen molar-refractivity contribution in [1.82, 2.24) is 10.2 Å². The number of carbonyl (C=O) groups excluding carboxylic acids is 1. The molecule has 0 aliphatic heterocycles. The maximum Gasteiger partial charge on any atom is 0.317 e. The Bertz CT molecular complexity index is 390. The molecule has 6 nitrogen and oxygen atoms in total. The van der Waals surface area contributed by atoms with Crippen molar-refractivity contribution in [2.75, 3.05) is 13.1 Å². The molecule has 0 aromatic rings. The predicted molar refractivity (Wildman–Crippen MR) is 82.4 cm³/mol. The third-order valence-corrected chi connectivity index (χ3v) is 5.09. The van der Waals surface area contributed by atoms with Crippen LogP contribution in [-0.4, -0.2) is 58.3 Å². The Kier molecular flexibility index (Phi) is 6.20. The van der Waals surface area contributed by atoms with E-state index in [0.717, 1.165) is 38.5 Å². The summed E-state index contributed by atoms with van der Waals surface area (Å²) in [5, 5.41) is 21.9. The first-order valence-corrected chi connectivity index (χ1v) is 8.45. The van der Waals surface area contributed by atoms with Crippen molar-refractivity contribution in [3.05, 3.63) is 0 Å². The topological polar surface area (TPSA) is 89.9 Å². The molecule has 2 saturated carbocycles. The molecule has 6 heteroatoms. The Hall–Kier alpha value is -1.14. The van der Waals surface area contributed by atoms with Gasteiger partial charge >= 0.3 is 5.97 Å². The van der Waals surface area contributed by atoms with E-state index in [-0.39, 0.29) is 30.5 Å². The van der Waals surface area contributed by atoms with E-state index in [1.807, 2.05) is 11.8 Å². The van der Waals surface area contributed by atoms with E-state index in [2.05, 4.69) is 5.32 Å². The molecule has 2 fully saturated rings. The molecule has 0 heterocycles. The van der Waals surface area contributed by atoms with E-state index in [4.69, 9.17) is 5.11 Å². The molecule has 0 aromatic carbocycles. The van der Waals surface area contributed by atoms with Crippen LogP contribution >= 0.6 is 0 Å². The highest BCUT2D eigenvalue weighted by Gasteiger charge is 2.36. The lowest BCUT2D eigenvalue weighted by atomic mass is 9.83. The largest absolute Gasteiger partial charge is 0.480 e. The number of aliphatic hydroxyl groups is 1. The summed E-state index contributed by atoms with van der Waals surface area (Å²) in [6.07, 6.45) is 5.91. The molecule has 3 N–H and O–H groups in total. The summed E-state index contributed by atoms with van der Waals surface area (Å²) in [6, 6.07) is 0.289. The average molecular weight is 312 g/mol. The Morgan fingerprint density at radius 2 is 1.86 bits per heavy atom. The van der Waals surface area contributed by atoms with Gasteiger partial charge in [0.05, 0.1) is 6.54 Å². The van der Waals surface area contributed by atoms with Gasteiger partial charge in [0, 0.05) is 12.1 Å². The number of hydrogen-bond donors (Lipinski definition) is 3. The molecule has 0 bridgehead atoms. The molecule has 1 amide bonds. The fourth-order valence-electron chi connectivity index (χ4n) is 3.63. The molecule has 1 atom stereocenters. The molecule has 2 aliphatic rings. The number of carbonyl (C=O) groups is 2. The molecule has 0 spiro atoms. The highest BCUT2D eigenvalue weighted by Crippen LogP contribution is 2.28. The zero-order valence-corrected chi connectivity index (χ0v) is 13.3. The van der Waals surface area contributed by atoms with E-state index in [0.29, 0.717) is 6.54 Å². The first-order valence-electron chi connectivity index (χ1n) is 8.45. The van der Waals surface area contributed by atoms with Gasteiger partial charge in [0.1, 0.15) is 6.10 Å². The van der Waals surface area contributed by atoms with Gasteiger partial charge in [-0.1, -0.05) is 26.2 Å². The Balaban J connectivity index is 1.72. The zero-order valence-electron chi connectivity index (χ0n) is 13.3. The van der Waals surface area contributed by atoms with Crippen molar-refractivity contribution in [2.24, 2.45) is 5.92 Å². The van der Waals surface area contributed by atoms with Gasteiger partial charge in [-0.3, -0.25) is 14.5 Å². The summed E-state index contributed by atoms with van der Waals surface area (Å²) in [5.41, 5.74) is 0. The van der Waals surface area contributed by atoms with Gasteiger partial charge in [0.25, 0.3) is 0 Å². The predicted octanol–water partition coefficient (Wildman–Crippen LogP) is 0.981. The van der Waals surface area contributed by atoms with E-state index in [9.17, 15) is 14.7 Å². The smallest absolute Gasteiger partial charge is 0.317 e. The van der Waals surface area contributed by atoms with E-state index >= 15 is 0 Å². The van der Waals surface area contributed by atoms with Crippen molar-refractivity contribution in [3.63, 3.8) is 0 Å². The minimum Gasteiger partial charge on any atom is -0.480 e. The molecule has 126 valence electrons. The fraction of sp³-hybridized carbons (Fsp3) is 0.875. The summed E-state index contributed by atoms with van der Waals surface area (Å²) in [4.78, 5) is 24.8. The number of likely N-dealkylation sites (N-methyl/N-ethyl adjacent to an activating group) is 1. The number of hydrogen-bond acceptors (Lipinski definition) is 4. The average Bonchev–Trinajstić information content (AvgIpc) is 2.48. The number of carboxylic acids is 1. The van der Waals surface area contributed by atoms with Crippen LogP contribution in [0.1, 0.15) is 51.9 Å². The van der Waals surface area contributed by atoms with Crippen LogP contribution in [0.3, 0.4) is 0 Å². The Labute approximate surface area is 131 Å². The first kappa shape index (κ1) is 17.2.